The van der Waals surface area contributed by atoms with Crippen molar-refractivity contribution in [3.63, 3.8) is 0 Å². The van der Waals surface area contributed by atoms with Gasteiger partial charge in [0, 0.05) is 0 Å². The lowest BCUT2D eigenvalue weighted by molar-refractivity contribution is -0.149. The Morgan fingerprint density at radius 2 is 2.56 bits per heavy atom. The molecule has 0 aromatic carbocycles. The van der Waals surface area contributed by atoms with Crippen molar-refractivity contribution in [1.82, 2.24) is 5.48 Å². The molecule has 0 amide bonds. The van der Waals surface area contributed by atoms with Crippen molar-refractivity contribution < 1.29 is 9.63 Å². The van der Waals surface area contributed by atoms with Crippen LogP contribution in [0.25, 0.3) is 0 Å². The fourth-order valence-electron chi connectivity index (χ4n) is 0.166. The molecule has 0 spiro atoms. The Labute approximate surface area is 52.3 Å². The van der Waals surface area contributed by atoms with Crippen LogP contribution in [0.5, 0.6) is 0 Å². The van der Waals surface area contributed by atoms with Gasteiger partial charge in [0.05, 0.1) is 0 Å². The minimum Gasteiger partial charge on any atom is -0.332 e. The maximum absolute atomic E-state index is 10.3. The van der Waals surface area contributed by atoms with Gasteiger partial charge in [-0.25, -0.2) is 4.79 Å². The zero-order chi connectivity index (χ0) is 7.28. The van der Waals surface area contributed by atoms with Crippen LogP contribution in [0, 0.1) is 11.5 Å². The maximum Gasteiger partial charge on any atom is 0.349 e. The van der Waals surface area contributed by atoms with Gasteiger partial charge in [-0.2, -0.15) is 10.7 Å². The molecule has 5 nitrogen and oxygen atoms in total. The standard InChI is InChI=1S/C4H7N3O2/c1-3(6)4(8)9-7-2-5/h3,7H,6H2,1H3/t3-/m0/s1. The number of nitrogens with one attached hydrogen (secondary N) is 1. The summed E-state index contributed by atoms with van der Waals surface area (Å²) in [5.41, 5.74) is 6.76. The highest BCUT2D eigenvalue weighted by atomic mass is 16.7. The molecule has 0 saturated carbocycles. The number of nitriles is 1. The van der Waals surface area contributed by atoms with Crippen molar-refractivity contribution in [3.05, 3.63) is 0 Å². The summed E-state index contributed by atoms with van der Waals surface area (Å²) in [6.07, 6.45) is 1.40. The molecule has 0 saturated heterocycles. The minimum absolute atomic E-state index is 0.656. The van der Waals surface area contributed by atoms with Crippen LogP contribution in [0.15, 0.2) is 0 Å². The second kappa shape index (κ2) is 3.69. The summed E-state index contributed by atoms with van der Waals surface area (Å²) in [7, 11) is 0. The van der Waals surface area contributed by atoms with E-state index in [9.17, 15) is 4.79 Å². The summed E-state index contributed by atoms with van der Waals surface area (Å²) in [5.74, 6) is -0.656. The van der Waals surface area contributed by atoms with E-state index in [1.165, 1.54) is 13.1 Å². The van der Waals surface area contributed by atoms with Gasteiger partial charge in [-0.05, 0) is 6.92 Å². The summed E-state index contributed by atoms with van der Waals surface area (Å²) in [6.45, 7) is 1.46. The van der Waals surface area contributed by atoms with Gasteiger partial charge in [0.15, 0.2) is 0 Å². The Kier molecular flexibility index (Phi) is 3.16. The lowest BCUT2D eigenvalue weighted by Crippen LogP contribution is -2.31. The molecule has 5 heteroatoms. The second-order valence-electron chi connectivity index (χ2n) is 1.42. The van der Waals surface area contributed by atoms with Crippen LogP contribution >= 0.6 is 0 Å². The van der Waals surface area contributed by atoms with Gasteiger partial charge in [-0.1, -0.05) is 0 Å². The Hall–Kier alpha value is -1.28. The lowest BCUT2D eigenvalue weighted by Gasteiger charge is -2.00. The zero-order valence-corrected chi connectivity index (χ0v) is 4.92. The molecule has 0 fully saturated rings. The van der Waals surface area contributed by atoms with Crippen molar-refractivity contribution in [2.45, 2.75) is 13.0 Å². The van der Waals surface area contributed by atoms with Gasteiger partial charge in [0.2, 0.25) is 6.19 Å². The van der Waals surface area contributed by atoms with Gasteiger partial charge in [0.1, 0.15) is 6.04 Å². The van der Waals surface area contributed by atoms with Crippen molar-refractivity contribution >= 4 is 5.97 Å². The fraction of sp³-hybridized carbons (Fsp3) is 0.500. The van der Waals surface area contributed by atoms with Crippen LogP contribution in [0.2, 0.25) is 0 Å². The molecule has 50 valence electrons. The Morgan fingerprint density at radius 3 is 2.89 bits per heavy atom. The number of hydrogen-bond acceptors (Lipinski definition) is 5. The predicted molar refractivity (Wildman–Crippen MR) is 28.5 cm³/mol. The monoisotopic (exact) mass is 129 g/mol. The lowest BCUT2D eigenvalue weighted by atomic mass is 10.4. The highest BCUT2D eigenvalue weighted by molar-refractivity contribution is 5.74. The average Bonchev–Trinajstić information content (AvgIpc) is 1.82. The average molecular weight is 129 g/mol. The molecule has 0 aromatic rings. The van der Waals surface area contributed by atoms with Crippen LogP contribution in [0.4, 0.5) is 0 Å². The van der Waals surface area contributed by atoms with E-state index >= 15 is 0 Å². The summed E-state index contributed by atoms with van der Waals surface area (Å²) in [4.78, 5) is 14.4. The molecule has 0 unspecified atom stereocenters. The first kappa shape index (κ1) is 7.72. The largest absolute Gasteiger partial charge is 0.349 e. The number of carbonyl (C=O) groups is 1. The van der Waals surface area contributed by atoms with Gasteiger partial charge < -0.3 is 10.6 Å². The van der Waals surface area contributed by atoms with E-state index in [1.54, 1.807) is 5.48 Å². The molecule has 0 aliphatic rings. The summed E-state index contributed by atoms with van der Waals surface area (Å²) in [5, 5.41) is 7.82. The number of rotatable bonds is 2. The molecule has 0 aliphatic heterocycles. The van der Waals surface area contributed by atoms with Crippen molar-refractivity contribution in [3.8, 4) is 6.19 Å². The van der Waals surface area contributed by atoms with Crippen LogP contribution in [0.3, 0.4) is 0 Å². The Bertz CT molecular complexity index is 137. The first-order chi connectivity index (χ1) is 4.18. The summed E-state index contributed by atoms with van der Waals surface area (Å²) in [6, 6.07) is -0.703. The molecule has 0 aliphatic carbocycles. The normalized spacial score (nSPS) is 11.2. The third-order valence-corrected chi connectivity index (χ3v) is 0.569. The summed E-state index contributed by atoms with van der Waals surface area (Å²) >= 11 is 0. The second-order valence-corrected chi connectivity index (χ2v) is 1.42. The highest BCUT2D eigenvalue weighted by Gasteiger charge is 2.07. The molecular weight excluding hydrogens is 122 g/mol. The van der Waals surface area contributed by atoms with Crippen LogP contribution in [0.1, 0.15) is 6.92 Å². The SMILES string of the molecule is C[C@H](N)C(=O)ONC#N. The molecule has 0 rings (SSSR count). The van der Waals surface area contributed by atoms with Crippen molar-refractivity contribution in [2.24, 2.45) is 5.73 Å². The first-order valence-corrected chi connectivity index (χ1v) is 2.29. The van der Waals surface area contributed by atoms with E-state index in [-0.39, 0.29) is 0 Å². The molecule has 1 atom stereocenters. The van der Waals surface area contributed by atoms with Crippen molar-refractivity contribution in [2.75, 3.05) is 0 Å². The highest BCUT2D eigenvalue weighted by Crippen LogP contribution is 1.77. The van der Waals surface area contributed by atoms with Gasteiger partial charge in [0.25, 0.3) is 0 Å². The number of hydroxylamine groups is 1. The Morgan fingerprint density at radius 1 is 2.00 bits per heavy atom. The topological polar surface area (TPSA) is 88.1 Å². The summed E-state index contributed by atoms with van der Waals surface area (Å²) < 4.78 is 0. The predicted octanol–water partition coefficient (Wildman–Crippen LogP) is -1.14. The maximum atomic E-state index is 10.3. The molecule has 0 aromatic heterocycles. The van der Waals surface area contributed by atoms with E-state index in [2.05, 4.69) is 4.84 Å². The molecule has 0 radical (unpaired) electrons. The number of hydrogen-bond donors (Lipinski definition) is 2. The quantitative estimate of drug-likeness (QED) is 0.279. The molecule has 9 heavy (non-hydrogen) atoms. The van der Waals surface area contributed by atoms with Crippen LogP contribution in [-0.4, -0.2) is 12.0 Å². The van der Waals surface area contributed by atoms with Gasteiger partial charge in [-0.15, -0.1) is 0 Å². The number of carbonyl (C=O) groups excluding carboxylic acids is 1. The van der Waals surface area contributed by atoms with E-state index in [0.29, 0.717) is 0 Å². The van der Waals surface area contributed by atoms with Crippen LogP contribution < -0.4 is 11.2 Å². The van der Waals surface area contributed by atoms with Crippen LogP contribution in [-0.2, 0) is 9.63 Å². The van der Waals surface area contributed by atoms with E-state index in [4.69, 9.17) is 11.0 Å². The molecule has 0 heterocycles. The van der Waals surface area contributed by atoms with Gasteiger partial charge in [-0.3, -0.25) is 0 Å². The third-order valence-electron chi connectivity index (χ3n) is 0.569. The Balaban J connectivity index is 3.42. The van der Waals surface area contributed by atoms with E-state index in [1.807, 2.05) is 0 Å². The molecule has 3 N–H and O–H groups in total. The van der Waals surface area contributed by atoms with Gasteiger partial charge >= 0.3 is 5.97 Å². The van der Waals surface area contributed by atoms with E-state index < -0.39 is 12.0 Å². The van der Waals surface area contributed by atoms with Crippen molar-refractivity contribution in [1.29, 1.82) is 5.26 Å². The third kappa shape index (κ3) is 3.32. The molecular formula is C4H7N3O2. The van der Waals surface area contributed by atoms with E-state index in [0.717, 1.165) is 0 Å². The molecule has 0 bridgehead atoms. The fourth-order valence-corrected chi connectivity index (χ4v) is 0.166. The number of nitrogens with zero attached hydrogens (tertiary/aromatic N) is 1. The smallest absolute Gasteiger partial charge is 0.332 e. The first-order valence-electron chi connectivity index (χ1n) is 2.29. The number of nitrogens with two attached hydrogens (primary N) is 1. The zero-order valence-electron chi connectivity index (χ0n) is 4.92. The minimum atomic E-state index is -0.703.